The smallest absolute Gasteiger partial charge is 0.330 e. The molecule has 0 atom stereocenters. The van der Waals surface area contributed by atoms with E-state index in [1.54, 1.807) is 0 Å². The van der Waals surface area contributed by atoms with Gasteiger partial charge < -0.3 is 9.47 Å². The predicted octanol–water partition coefficient (Wildman–Crippen LogP) is 7.01. The Bertz CT molecular complexity index is 513. The van der Waals surface area contributed by atoms with Crippen molar-refractivity contribution >= 4 is 11.9 Å². The largest absolute Gasteiger partial charge is 0.465 e. The first-order valence-electron chi connectivity index (χ1n) is 13.1. The zero-order valence-electron chi connectivity index (χ0n) is 20.0. The normalized spacial score (nSPS) is 26.2. The van der Waals surface area contributed by atoms with E-state index in [9.17, 15) is 9.59 Å². The molecule has 0 amide bonds. The maximum Gasteiger partial charge on any atom is 0.330 e. The van der Waals surface area contributed by atoms with Crippen LogP contribution in [0.3, 0.4) is 0 Å². The molecule has 2 aliphatic rings. The van der Waals surface area contributed by atoms with Crippen LogP contribution in [0.2, 0.25) is 0 Å². The van der Waals surface area contributed by atoms with Gasteiger partial charge in [-0.05, 0) is 82.0 Å². The van der Waals surface area contributed by atoms with Crippen LogP contribution < -0.4 is 0 Å². The first-order chi connectivity index (χ1) is 15.1. The van der Waals surface area contributed by atoms with E-state index >= 15 is 0 Å². The molecule has 0 N–H and O–H groups in total. The van der Waals surface area contributed by atoms with Crippen molar-refractivity contribution < 1.29 is 19.1 Å². The molecule has 0 spiro atoms. The van der Waals surface area contributed by atoms with Gasteiger partial charge >= 0.3 is 11.9 Å². The summed E-state index contributed by atoms with van der Waals surface area (Å²) < 4.78 is 10.5. The van der Waals surface area contributed by atoms with Crippen LogP contribution in [0.15, 0.2) is 12.7 Å². The van der Waals surface area contributed by atoms with Gasteiger partial charge in [-0.2, -0.15) is 0 Å². The predicted molar refractivity (Wildman–Crippen MR) is 126 cm³/mol. The van der Waals surface area contributed by atoms with Crippen molar-refractivity contribution in [3.05, 3.63) is 12.7 Å². The summed E-state index contributed by atoms with van der Waals surface area (Å²) in [4.78, 5) is 23.3. The van der Waals surface area contributed by atoms with Crippen LogP contribution >= 0.6 is 0 Å². The minimum atomic E-state index is -0.362. The number of hydrogen-bond acceptors (Lipinski definition) is 4. The molecule has 4 heteroatoms. The van der Waals surface area contributed by atoms with E-state index in [1.165, 1.54) is 70.3 Å². The number of ether oxygens (including phenoxy) is 2. The van der Waals surface area contributed by atoms with Gasteiger partial charge in [0, 0.05) is 6.08 Å². The molecule has 0 aromatic rings. The summed E-state index contributed by atoms with van der Waals surface area (Å²) in [5, 5.41) is 0. The Balaban J connectivity index is 1.49. The number of unbranched alkanes of at least 4 members (excludes halogenated alkanes) is 5. The topological polar surface area (TPSA) is 52.6 Å². The van der Waals surface area contributed by atoms with Crippen LogP contribution in [-0.4, -0.2) is 25.2 Å². The van der Waals surface area contributed by atoms with Crippen molar-refractivity contribution in [2.75, 3.05) is 13.2 Å². The van der Waals surface area contributed by atoms with Gasteiger partial charge in [0.2, 0.25) is 0 Å². The van der Waals surface area contributed by atoms with Gasteiger partial charge in [0.25, 0.3) is 0 Å². The van der Waals surface area contributed by atoms with Crippen LogP contribution in [-0.2, 0) is 19.1 Å². The van der Waals surface area contributed by atoms with Crippen molar-refractivity contribution in [1.29, 1.82) is 0 Å². The highest BCUT2D eigenvalue weighted by Crippen LogP contribution is 2.42. The van der Waals surface area contributed by atoms with E-state index in [0.29, 0.717) is 13.2 Å². The first kappa shape index (κ1) is 25.9. The third-order valence-electron chi connectivity index (χ3n) is 7.57. The average molecular weight is 435 g/mol. The average Bonchev–Trinajstić information content (AvgIpc) is 2.81. The Hall–Kier alpha value is -1.32. The summed E-state index contributed by atoms with van der Waals surface area (Å²) in [6.45, 7) is 6.62. The van der Waals surface area contributed by atoms with E-state index in [-0.39, 0.29) is 17.9 Å². The molecule has 0 unspecified atom stereocenters. The van der Waals surface area contributed by atoms with Crippen molar-refractivity contribution in [3.8, 4) is 0 Å². The Kier molecular flexibility index (Phi) is 12.9. The number of rotatable bonds is 14. The molecule has 4 nitrogen and oxygen atoms in total. The second kappa shape index (κ2) is 15.5. The lowest BCUT2D eigenvalue weighted by atomic mass is 9.68. The Morgan fingerprint density at radius 2 is 1.35 bits per heavy atom. The summed E-state index contributed by atoms with van der Waals surface area (Å²) in [5.74, 6) is 2.52. The van der Waals surface area contributed by atoms with E-state index in [1.807, 2.05) is 0 Å². The summed E-state index contributed by atoms with van der Waals surface area (Å²) in [7, 11) is 0. The first-order valence-corrected chi connectivity index (χ1v) is 13.1. The third kappa shape index (κ3) is 10.2. The van der Waals surface area contributed by atoms with E-state index < -0.39 is 0 Å². The molecule has 0 heterocycles. The van der Waals surface area contributed by atoms with E-state index in [4.69, 9.17) is 9.47 Å². The molecule has 178 valence electrons. The zero-order valence-corrected chi connectivity index (χ0v) is 20.0. The summed E-state index contributed by atoms with van der Waals surface area (Å²) >= 11 is 0. The lowest BCUT2D eigenvalue weighted by Gasteiger charge is -2.37. The van der Waals surface area contributed by atoms with Crippen LogP contribution in [0, 0.1) is 23.7 Å². The molecule has 2 fully saturated rings. The summed E-state index contributed by atoms with van der Waals surface area (Å²) in [5.41, 5.74) is 0. The maximum atomic E-state index is 12.4. The quantitative estimate of drug-likeness (QED) is 0.168. The molecular formula is C27H46O4. The highest BCUT2D eigenvalue weighted by molar-refractivity contribution is 5.81. The minimum absolute atomic E-state index is 0.0259. The van der Waals surface area contributed by atoms with Gasteiger partial charge in [-0.3, -0.25) is 4.79 Å². The molecule has 31 heavy (non-hydrogen) atoms. The third-order valence-corrected chi connectivity index (χ3v) is 7.57. The van der Waals surface area contributed by atoms with E-state index in [0.717, 1.165) is 56.3 Å². The van der Waals surface area contributed by atoms with Gasteiger partial charge in [-0.15, -0.1) is 0 Å². The fourth-order valence-corrected chi connectivity index (χ4v) is 5.54. The minimum Gasteiger partial charge on any atom is -0.465 e. The number of esters is 2. The van der Waals surface area contributed by atoms with Gasteiger partial charge in [0.1, 0.15) is 0 Å². The molecule has 0 aromatic heterocycles. The second-order valence-electron chi connectivity index (χ2n) is 9.84. The summed E-state index contributed by atoms with van der Waals surface area (Å²) in [6, 6.07) is 0. The Labute approximate surface area is 190 Å². The standard InChI is InChI=1S/C27H46O4/c1-3-5-8-11-22-12-14-23(15-13-22)24-16-18-25(19-17-24)27(29)31-21-10-7-6-9-20-30-26(28)4-2/h4,22-25H,2-3,5-21H2,1H3. The SMILES string of the molecule is C=CC(=O)OCCCCCCOC(=O)C1CCC(C2CCC(CCCCC)CC2)CC1. The van der Waals surface area contributed by atoms with Gasteiger partial charge in [0.15, 0.2) is 0 Å². The van der Waals surface area contributed by atoms with Crippen LogP contribution in [0.25, 0.3) is 0 Å². The van der Waals surface area contributed by atoms with Gasteiger partial charge in [-0.1, -0.05) is 52.0 Å². The number of hydrogen-bond donors (Lipinski definition) is 0. The Morgan fingerprint density at radius 1 is 0.774 bits per heavy atom. The van der Waals surface area contributed by atoms with E-state index in [2.05, 4.69) is 13.5 Å². The van der Waals surface area contributed by atoms with Gasteiger partial charge in [0.05, 0.1) is 19.1 Å². The molecule has 2 aliphatic carbocycles. The molecule has 0 saturated heterocycles. The molecular weight excluding hydrogens is 388 g/mol. The van der Waals surface area contributed by atoms with Crippen molar-refractivity contribution in [1.82, 2.24) is 0 Å². The highest BCUT2D eigenvalue weighted by atomic mass is 16.5. The lowest BCUT2D eigenvalue weighted by Crippen LogP contribution is -2.29. The highest BCUT2D eigenvalue weighted by Gasteiger charge is 2.33. The molecule has 0 aromatic carbocycles. The maximum absolute atomic E-state index is 12.4. The second-order valence-corrected chi connectivity index (χ2v) is 9.84. The Morgan fingerprint density at radius 3 is 1.94 bits per heavy atom. The van der Waals surface area contributed by atoms with Crippen LogP contribution in [0.1, 0.15) is 110 Å². The van der Waals surface area contributed by atoms with Crippen LogP contribution in [0.5, 0.6) is 0 Å². The zero-order chi connectivity index (χ0) is 22.3. The van der Waals surface area contributed by atoms with Crippen molar-refractivity contribution in [3.63, 3.8) is 0 Å². The van der Waals surface area contributed by atoms with Gasteiger partial charge in [-0.25, -0.2) is 4.79 Å². The fourth-order valence-electron chi connectivity index (χ4n) is 5.54. The fraction of sp³-hybridized carbons (Fsp3) is 0.852. The van der Waals surface area contributed by atoms with Crippen molar-refractivity contribution in [2.24, 2.45) is 23.7 Å². The van der Waals surface area contributed by atoms with Crippen LogP contribution in [0.4, 0.5) is 0 Å². The molecule has 2 saturated carbocycles. The molecule has 0 radical (unpaired) electrons. The molecule has 2 rings (SSSR count). The lowest BCUT2D eigenvalue weighted by molar-refractivity contribution is -0.150. The molecule has 0 bridgehead atoms. The summed E-state index contributed by atoms with van der Waals surface area (Å²) in [6.07, 6.45) is 20.7. The monoisotopic (exact) mass is 434 g/mol. The van der Waals surface area contributed by atoms with Crippen molar-refractivity contribution in [2.45, 2.75) is 110 Å². The number of carbonyl (C=O) groups is 2. The number of carbonyl (C=O) groups excluding carboxylic acids is 2. The molecule has 0 aliphatic heterocycles.